The second-order valence-electron chi connectivity index (χ2n) is 4.34. The quantitative estimate of drug-likeness (QED) is 0.342. The van der Waals surface area contributed by atoms with Gasteiger partial charge >= 0.3 is 0 Å². The lowest BCUT2D eigenvalue weighted by molar-refractivity contribution is -0.402. The van der Waals surface area contributed by atoms with E-state index in [1.54, 1.807) is 6.92 Å². The number of Topliss-reactive ketones (excluding diaryl/α,β-unsaturated/α-hetero) is 1. The highest BCUT2D eigenvalue weighted by atomic mass is 16.9. The molecule has 6 heteroatoms. The summed E-state index contributed by atoms with van der Waals surface area (Å²) in [4.78, 5) is 19.4. The average molecular weight is 240 g/mol. The van der Waals surface area contributed by atoms with E-state index < -0.39 is 5.09 Å². The van der Waals surface area contributed by atoms with Gasteiger partial charge in [0.1, 0.15) is 5.69 Å². The predicted molar refractivity (Wildman–Crippen MR) is 66.4 cm³/mol. The second kappa shape index (κ2) is 5.95. The zero-order valence-corrected chi connectivity index (χ0v) is 10.3. The first-order valence-electron chi connectivity index (χ1n) is 4.89. The van der Waals surface area contributed by atoms with Gasteiger partial charge in [0.25, 0.3) is 0 Å². The Labute approximate surface area is 99.8 Å². The van der Waals surface area contributed by atoms with Crippen molar-refractivity contribution in [2.75, 3.05) is 21.1 Å². The Morgan fingerprint density at radius 1 is 1.24 bits per heavy atom. The van der Waals surface area contributed by atoms with Crippen LogP contribution in [0.15, 0.2) is 24.3 Å². The Balaban J connectivity index is 0.000000557. The van der Waals surface area contributed by atoms with Crippen molar-refractivity contribution in [3.63, 3.8) is 0 Å². The van der Waals surface area contributed by atoms with Gasteiger partial charge in [-0.25, -0.2) is 0 Å². The largest absolute Gasteiger partial charge is 0.356 e. The predicted octanol–water partition coefficient (Wildman–Crippen LogP) is 1.85. The minimum atomic E-state index is -1.75. The summed E-state index contributed by atoms with van der Waals surface area (Å²) in [5.41, 5.74) is 1.93. The molecule has 0 aliphatic rings. The summed E-state index contributed by atoms with van der Waals surface area (Å²) in [6.07, 6.45) is 0. The van der Waals surface area contributed by atoms with E-state index in [1.165, 1.54) is 0 Å². The monoisotopic (exact) mass is 240 g/mol. The first-order chi connectivity index (χ1) is 7.64. The van der Waals surface area contributed by atoms with Gasteiger partial charge in [0, 0.05) is 11.6 Å². The van der Waals surface area contributed by atoms with Gasteiger partial charge < -0.3 is 15.3 Å². The second-order valence-corrected chi connectivity index (χ2v) is 4.34. The van der Waals surface area contributed by atoms with E-state index in [0.29, 0.717) is 0 Å². The first kappa shape index (κ1) is 15.0. The average Bonchev–Trinajstić information content (AvgIpc) is 2.15. The minimum absolute atomic E-state index is 0.121. The Morgan fingerprint density at radius 3 is 2.06 bits per heavy atom. The summed E-state index contributed by atoms with van der Waals surface area (Å²) in [5.74, 6) is 0.121. The SMILES string of the molecule is CC(=O)c1cccc([N+](C)(C)C)c1.O=[N+]([O-])[O-]. The summed E-state index contributed by atoms with van der Waals surface area (Å²) in [6.45, 7) is 1.59. The lowest BCUT2D eigenvalue weighted by atomic mass is 10.1. The third-order valence-corrected chi connectivity index (χ3v) is 2.03. The molecule has 0 N–H and O–H groups in total. The molecule has 0 aliphatic heterocycles. The van der Waals surface area contributed by atoms with Crippen LogP contribution in [0.3, 0.4) is 0 Å². The lowest BCUT2D eigenvalue weighted by Gasteiger charge is -2.23. The summed E-state index contributed by atoms with van der Waals surface area (Å²) in [6, 6.07) is 7.76. The zero-order valence-electron chi connectivity index (χ0n) is 10.3. The van der Waals surface area contributed by atoms with E-state index in [1.807, 2.05) is 24.3 Å². The fraction of sp³-hybridized carbons (Fsp3) is 0.364. The van der Waals surface area contributed by atoms with E-state index in [4.69, 9.17) is 15.3 Å². The molecule has 1 aromatic rings. The van der Waals surface area contributed by atoms with Crippen molar-refractivity contribution in [1.82, 2.24) is 4.48 Å². The number of hydrogen-bond donors (Lipinski definition) is 0. The van der Waals surface area contributed by atoms with Crippen LogP contribution in [-0.4, -0.2) is 32.0 Å². The number of rotatable bonds is 2. The maximum absolute atomic E-state index is 11.1. The smallest absolute Gasteiger partial charge is 0.160 e. The third kappa shape index (κ3) is 6.26. The van der Waals surface area contributed by atoms with Crippen molar-refractivity contribution in [3.8, 4) is 0 Å². The highest BCUT2D eigenvalue weighted by molar-refractivity contribution is 5.94. The molecule has 94 valence electrons. The van der Waals surface area contributed by atoms with Crippen LogP contribution in [0.2, 0.25) is 0 Å². The minimum Gasteiger partial charge on any atom is -0.356 e. The summed E-state index contributed by atoms with van der Waals surface area (Å²) < 4.78 is 0.737. The van der Waals surface area contributed by atoms with Gasteiger partial charge in [0.05, 0.1) is 26.2 Å². The molecule has 17 heavy (non-hydrogen) atoms. The highest BCUT2D eigenvalue weighted by Gasteiger charge is 2.12. The molecule has 0 spiro atoms. The number of nitrogens with zero attached hydrogens (tertiary/aromatic N) is 2. The van der Waals surface area contributed by atoms with Crippen LogP contribution in [0.5, 0.6) is 0 Å². The number of carbonyl (C=O) groups is 1. The maximum Gasteiger partial charge on any atom is 0.160 e. The fourth-order valence-electron chi connectivity index (χ4n) is 1.14. The number of carbonyl (C=O) groups excluding carboxylic acids is 1. The molecule has 0 bridgehead atoms. The third-order valence-electron chi connectivity index (χ3n) is 2.03. The molecule has 0 atom stereocenters. The van der Waals surface area contributed by atoms with Crippen molar-refractivity contribution in [1.29, 1.82) is 0 Å². The van der Waals surface area contributed by atoms with Gasteiger partial charge in [-0.05, 0) is 13.0 Å². The van der Waals surface area contributed by atoms with Crippen LogP contribution in [0.1, 0.15) is 17.3 Å². The number of benzene rings is 1. The van der Waals surface area contributed by atoms with E-state index in [-0.39, 0.29) is 5.78 Å². The molecule has 1 rings (SSSR count). The first-order valence-corrected chi connectivity index (χ1v) is 4.89. The van der Waals surface area contributed by atoms with Gasteiger partial charge in [-0.2, -0.15) is 0 Å². The van der Waals surface area contributed by atoms with Crippen molar-refractivity contribution in [3.05, 3.63) is 45.2 Å². The van der Waals surface area contributed by atoms with E-state index in [9.17, 15) is 4.79 Å². The molecule has 0 radical (unpaired) electrons. The van der Waals surface area contributed by atoms with Crippen LogP contribution in [-0.2, 0) is 0 Å². The van der Waals surface area contributed by atoms with Gasteiger partial charge in [-0.3, -0.25) is 9.28 Å². The normalized spacial score (nSPS) is 10.1. The summed E-state index contributed by atoms with van der Waals surface area (Å²) in [7, 11) is 6.25. The Hall–Kier alpha value is -1.95. The Bertz CT molecular complexity index is 406. The van der Waals surface area contributed by atoms with Gasteiger partial charge in [0.15, 0.2) is 5.78 Å². The highest BCUT2D eigenvalue weighted by Crippen LogP contribution is 2.18. The van der Waals surface area contributed by atoms with Crippen LogP contribution in [0, 0.1) is 15.3 Å². The molecule has 0 aliphatic carbocycles. The Morgan fingerprint density at radius 2 is 1.71 bits per heavy atom. The van der Waals surface area contributed by atoms with Gasteiger partial charge in [0.2, 0.25) is 0 Å². The fourth-order valence-corrected chi connectivity index (χ4v) is 1.14. The molecule has 0 fully saturated rings. The lowest BCUT2D eigenvalue weighted by Crippen LogP contribution is -2.34. The summed E-state index contributed by atoms with van der Waals surface area (Å²) in [5, 5.41) is 14.8. The molecule has 0 saturated carbocycles. The molecular weight excluding hydrogens is 224 g/mol. The molecular formula is C11H16N2O4. The van der Waals surface area contributed by atoms with Crippen LogP contribution in [0.25, 0.3) is 0 Å². The Kier molecular flexibility index (Phi) is 5.27. The molecule has 0 amide bonds. The van der Waals surface area contributed by atoms with Crippen molar-refractivity contribution in [2.45, 2.75) is 6.92 Å². The summed E-state index contributed by atoms with van der Waals surface area (Å²) >= 11 is 0. The number of ketones is 1. The van der Waals surface area contributed by atoms with Gasteiger partial charge in [-0.15, -0.1) is 0 Å². The van der Waals surface area contributed by atoms with Crippen LogP contribution in [0.4, 0.5) is 5.69 Å². The topological polar surface area (TPSA) is 83.3 Å². The van der Waals surface area contributed by atoms with Crippen molar-refractivity contribution < 1.29 is 9.88 Å². The molecule has 0 unspecified atom stereocenters. The van der Waals surface area contributed by atoms with E-state index in [2.05, 4.69) is 21.1 Å². The molecule has 0 aromatic heterocycles. The van der Waals surface area contributed by atoms with Gasteiger partial charge in [-0.1, -0.05) is 12.1 Å². The van der Waals surface area contributed by atoms with Crippen molar-refractivity contribution in [2.24, 2.45) is 0 Å². The molecule has 0 heterocycles. The molecule has 6 nitrogen and oxygen atoms in total. The van der Waals surface area contributed by atoms with Crippen molar-refractivity contribution >= 4 is 11.5 Å². The van der Waals surface area contributed by atoms with E-state index >= 15 is 0 Å². The van der Waals surface area contributed by atoms with E-state index in [0.717, 1.165) is 15.7 Å². The zero-order chi connectivity index (χ0) is 13.6. The number of quaternary nitrogens is 1. The maximum atomic E-state index is 11.1. The molecule has 0 saturated heterocycles. The molecule has 1 aromatic carbocycles. The standard InChI is InChI=1S/C11H16NO.NO3/c1-9(13)10-6-5-7-11(8-10)12(2,3)4;2-1(3)4/h5-8H,1-4H3;/q+1;-1. The number of hydrogen-bond acceptors (Lipinski definition) is 4. The van der Waals surface area contributed by atoms with Crippen LogP contribution < -0.4 is 4.48 Å². The van der Waals surface area contributed by atoms with Crippen LogP contribution >= 0.6 is 0 Å².